The smallest absolute Gasteiger partial charge is 0.870 e. The monoisotopic (exact) mass is 1140 g/mol. The Balaban J connectivity index is 0. The SMILES string of the molecule is CC(C)OC(=O)Cl.COC(=O)/C=C/c1ccccc1C(=O)N1CCC(F)(F)CC1.COC(=O)/C=C/c1ccccc1C(=O)O.FC1(F)CCNCC1.NO.O=C(/C=C/c1ccccc1C(=O)N1CCC(F)(F)CC1)NO.[Na+].[OH-]. The van der Waals surface area contributed by atoms with Crippen LogP contribution in [-0.2, 0) is 28.6 Å². The molecule has 426 valence electrons. The van der Waals surface area contributed by atoms with E-state index < -0.39 is 47.0 Å². The molecule has 27 heteroatoms. The summed E-state index contributed by atoms with van der Waals surface area (Å²) in [4.78, 5) is 81.3. The van der Waals surface area contributed by atoms with Gasteiger partial charge in [0.2, 0.25) is 0 Å². The number of likely N-dealkylation sites (tertiary alicyclic amines) is 2. The number of hydroxylamine groups is 1. The number of benzene rings is 3. The van der Waals surface area contributed by atoms with Crippen LogP contribution in [0.3, 0.4) is 0 Å². The quantitative estimate of drug-likeness (QED) is 0.0219. The number of rotatable bonds is 10. The average molecular weight is 1140 g/mol. The van der Waals surface area contributed by atoms with Crippen LogP contribution in [0, 0.1) is 0 Å². The second kappa shape index (κ2) is 38.4. The number of nitrogens with zero attached hydrogens (tertiary/aromatic N) is 2. The summed E-state index contributed by atoms with van der Waals surface area (Å²) >= 11 is 4.81. The number of carboxylic acid groups (broad SMARTS) is 1. The Morgan fingerprint density at radius 1 is 0.615 bits per heavy atom. The molecule has 0 aliphatic carbocycles. The van der Waals surface area contributed by atoms with E-state index in [1.165, 1.54) is 65.9 Å². The fourth-order valence-electron chi connectivity index (χ4n) is 6.56. The van der Waals surface area contributed by atoms with Crippen molar-refractivity contribution < 1.29 is 125 Å². The van der Waals surface area contributed by atoms with E-state index in [0.717, 1.165) is 6.08 Å². The van der Waals surface area contributed by atoms with Crippen LogP contribution >= 0.6 is 11.6 Å². The van der Waals surface area contributed by atoms with Crippen molar-refractivity contribution in [3.8, 4) is 0 Å². The Hall–Kier alpha value is -6.16. The molecular formula is C51H63ClF6N5NaO14. The summed E-state index contributed by atoms with van der Waals surface area (Å²) in [6.45, 7) is 4.46. The summed E-state index contributed by atoms with van der Waals surface area (Å²) in [5, 5.41) is 26.6. The van der Waals surface area contributed by atoms with Gasteiger partial charge in [-0.25, -0.2) is 56.9 Å². The van der Waals surface area contributed by atoms with Crippen LogP contribution in [0.2, 0.25) is 0 Å². The van der Waals surface area contributed by atoms with Gasteiger partial charge in [0.1, 0.15) is 0 Å². The van der Waals surface area contributed by atoms with Gasteiger partial charge in [0.25, 0.3) is 35.5 Å². The number of carbonyl (C=O) groups is 7. The first kappa shape index (κ1) is 73.9. The van der Waals surface area contributed by atoms with Gasteiger partial charge in [-0.15, -0.1) is 0 Å². The van der Waals surface area contributed by atoms with Gasteiger partial charge in [0.15, 0.2) is 0 Å². The molecule has 0 bridgehead atoms. The molecule has 3 aromatic carbocycles. The third-order valence-electron chi connectivity index (χ3n) is 10.5. The Labute approximate surface area is 473 Å². The fraction of sp³-hybridized carbons (Fsp3) is 0.392. The number of nitrogens with two attached hydrogens (primary N) is 1. The molecule has 3 amide bonds. The Morgan fingerprint density at radius 2 is 0.936 bits per heavy atom. The van der Waals surface area contributed by atoms with Crippen LogP contribution < -0.4 is 46.3 Å². The fourth-order valence-corrected chi connectivity index (χ4v) is 6.74. The number of ether oxygens (including phenoxy) is 3. The number of halogens is 7. The van der Waals surface area contributed by atoms with Crippen molar-refractivity contribution >= 4 is 70.9 Å². The third-order valence-corrected chi connectivity index (χ3v) is 10.6. The molecule has 3 saturated heterocycles. The number of nitrogens with one attached hydrogen (secondary N) is 2. The van der Waals surface area contributed by atoms with Crippen molar-refractivity contribution in [1.29, 1.82) is 0 Å². The Kier molecular flexibility index (Phi) is 36.4. The average Bonchev–Trinajstić information content (AvgIpc) is 3.39. The van der Waals surface area contributed by atoms with E-state index >= 15 is 0 Å². The maximum Gasteiger partial charge on any atom is 1.00 e. The minimum absolute atomic E-state index is 0. The summed E-state index contributed by atoms with van der Waals surface area (Å²) in [7, 11) is 2.52. The van der Waals surface area contributed by atoms with Crippen molar-refractivity contribution in [2.45, 2.75) is 76.2 Å². The zero-order valence-electron chi connectivity index (χ0n) is 43.4. The van der Waals surface area contributed by atoms with E-state index in [2.05, 4.69) is 25.4 Å². The maximum absolute atomic E-state index is 13.2. The first-order valence-electron chi connectivity index (χ1n) is 23.0. The molecule has 0 saturated carbocycles. The first-order chi connectivity index (χ1) is 35.8. The molecule has 0 atom stereocenters. The number of alkyl halides is 6. The number of amides is 3. The minimum atomic E-state index is -2.71. The van der Waals surface area contributed by atoms with Crippen LogP contribution in [0.1, 0.15) is 100 Å². The normalized spacial score (nSPS) is 15.6. The summed E-state index contributed by atoms with van der Waals surface area (Å²) < 4.78 is 90.3. The van der Waals surface area contributed by atoms with Gasteiger partial charge in [-0.3, -0.25) is 19.6 Å². The number of esters is 2. The van der Waals surface area contributed by atoms with Crippen molar-refractivity contribution in [3.63, 3.8) is 0 Å². The van der Waals surface area contributed by atoms with Crippen LogP contribution in [0.15, 0.2) is 91.0 Å². The number of hydrogen-bond donors (Lipinski definition) is 6. The first-order valence-corrected chi connectivity index (χ1v) is 23.4. The number of carbonyl (C=O) groups excluding carboxylic acids is 6. The zero-order chi connectivity index (χ0) is 57.5. The molecule has 0 unspecified atom stereocenters. The van der Waals surface area contributed by atoms with Crippen molar-refractivity contribution in [2.24, 2.45) is 5.90 Å². The third kappa shape index (κ3) is 29.5. The summed E-state index contributed by atoms with van der Waals surface area (Å²) in [6, 6.07) is 19.7. The Morgan fingerprint density at radius 3 is 1.22 bits per heavy atom. The van der Waals surface area contributed by atoms with Crippen molar-refractivity contribution in [1.82, 2.24) is 20.6 Å². The van der Waals surface area contributed by atoms with Gasteiger partial charge in [-0.2, -0.15) is 0 Å². The van der Waals surface area contributed by atoms with E-state index in [-0.39, 0.29) is 123 Å². The molecule has 8 N–H and O–H groups in total. The van der Waals surface area contributed by atoms with Crippen molar-refractivity contribution in [2.75, 3.05) is 53.5 Å². The minimum Gasteiger partial charge on any atom is -0.870 e. The Bertz CT molecular complexity index is 2340. The molecule has 3 fully saturated rings. The number of methoxy groups -OCH3 is 2. The molecule has 78 heavy (non-hydrogen) atoms. The molecule has 19 nitrogen and oxygen atoms in total. The standard InChI is InChI=1S/C16H17F2NO3.C15H16F2N2O3.C11H10O4.C5H9F2N.C4H7ClO2.H3NO.Na.H2O/c1-22-14(20)7-6-12-4-2-3-5-13(12)15(21)19-10-8-16(17,18)9-11-19;16-15(17)7-9-19(10-8-15)14(21)12-4-2-1-3-11(12)5-6-13(20)18-22;1-15-10(12)7-6-8-4-2-3-5-9(8)11(13)14;6-5(7)1-3-8-4-2-5;1-3(2)7-4(5)6;1-2;;/h2-7H,8-11H2,1H3;1-6,22H,7-10H2,(H,18,20);2-7H,1H3,(H,13,14);8H,1-4H2;3H,1-2H3;2H,1H2;;1H2/q;;;;;;+1;/p-1/b7-6+;6-5+;7-6+;;;;;. The number of piperidine rings is 3. The topological polar surface area (TPSA) is 294 Å². The van der Waals surface area contributed by atoms with Crippen LogP contribution in [0.5, 0.6) is 0 Å². The molecule has 0 radical (unpaired) electrons. The van der Waals surface area contributed by atoms with E-state index in [1.807, 2.05) is 0 Å². The molecule has 3 aliphatic heterocycles. The summed E-state index contributed by atoms with van der Waals surface area (Å²) in [6.07, 6.45) is 6.34. The summed E-state index contributed by atoms with van der Waals surface area (Å²) in [5.74, 6) is -7.74. The van der Waals surface area contributed by atoms with Crippen LogP contribution in [0.25, 0.3) is 18.2 Å². The van der Waals surface area contributed by atoms with Gasteiger partial charge in [0, 0.05) is 119 Å². The number of aromatic carboxylic acids is 1. The second-order valence-corrected chi connectivity index (χ2v) is 16.7. The maximum atomic E-state index is 13.2. The molecule has 0 aromatic heterocycles. The van der Waals surface area contributed by atoms with Crippen LogP contribution in [-0.4, -0.2) is 149 Å². The van der Waals surface area contributed by atoms with E-state index in [4.69, 9.17) is 27.1 Å². The number of hydrogen-bond acceptors (Lipinski definition) is 15. The van der Waals surface area contributed by atoms with Gasteiger partial charge in [0.05, 0.1) is 25.9 Å². The molecule has 0 spiro atoms. The molecule has 6 rings (SSSR count). The zero-order valence-corrected chi connectivity index (χ0v) is 46.2. The van der Waals surface area contributed by atoms with E-state index in [0.29, 0.717) is 40.9 Å². The summed E-state index contributed by atoms with van der Waals surface area (Å²) in [5.41, 5.74) is 3.07. The van der Waals surface area contributed by atoms with Crippen molar-refractivity contribution in [3.05, 3.63) is 124 Å². The molecule has 3 aliphatic rings. The molecule has 3 aromatic rings. The number of carboxylic acids is 1. The van der Waals surface area contributed by atoms with Gasteiger partial charge in [-0.05, 0) is 67.0 Å². The molecule has 3 heterocycles. The largest absolute Gasteiger partial charge is 1.00 e. The second-order valence-electron chi connectivity index (χ2n) is 16.4. The predicted octanol–water partition coefficient (Wildman–Crippen LogP) is 5.33. The molecular weight excluding hydrogens is 1080 g/mol. The van der Waals surface area contributed by atoms with Gasteiger partial charge in [-0.1, -0.05) is 54.6 Å². The van der Waals surface area contributed by atoms with E-state index in [9.17, 15) is 59.9 Å². The van der Waals surface area contributed by atoms with Gasteiger partial charge < -0.3 is 45.1 Å². The van der Waals surface area contributed by atoms with Crippen LogP contribution in [0.4, 0.5) is 31.1 Å². The van der Waals surface area contributed by atoms with Gasteiger partial charge >= 0.3 is 52.9 Å². The predicted molar refractivity (Wildman–Crippen MR) is 270 cm³/mol. The van der Waals surface area contributed by atoms with E-state index in [1.54, 1.807) is 80.6 Å².